The minimum absolute atomic E-state index is 0. The van der Waals surface area contributed by atoms with Crippen LogP contribution in [0, 0.1) is 0 Å². The molecule has 0 saturated carbocycles. The van der Waals surface area contributed by atoms with Crippen molar-refractivity contribution in [2.45, 2.75) is 24.6 Å². The average molecular weight is 554 g/mol. The summed E-state index contributed by atoms with van der Waals surface area (Å²) >= 11 is 0. The van der Waals surface area contributed by atoms with Gasteiger partial charge in [-0.1, -0.05) is 36.4 Å². The van der Waals surface area contributed by atoms with Crippen molar-refractivity contribution < 1.29 is 21.9 Å². The first-order valence-electron chi connectivity index (χ1n) is 8.73. The van der Waals surface area contributed by atoms with Crippen LogP contribution in [-0.4, -0.2) is 46.4 Å². The molecule has 0 aliphatic carbocycles. The minimum atomic E-state index is -3.59. The predicted molar refractivity (Wildman–Crippen MR) is 123 cm³/mol. The Morgan fingerprint density at radius 3 is 2.13 bits per heavy atom. The Morgan fingerprint density at radius 2 is 1.57 bits per heavy atom. The molecule has 0 unspecified atom stereocenters. The van der Waals surface area contributed by atoms with Crippen LogP contribution in [0.25, 0.3) is 0 Å². The summed E-state index contributed by atoms with van der Waals surface area (Å²) in [6, 6.07) is 13.1. The van der Waals surface area contributed by atoms with Crippen molar-refractivity contribution in [3.63, 3.8) is 0 Å². The SMILES string of the molecule is CN=C(NCc1ccccc1OC(F)F)NCc1ccccc1S(=O)(=O)N(C)C.I. The van der Waals surface area contributed by atoms with Crippen LogP contribution in [0.5, 0.6) is 5.75 Å². The van der Waals surface area contributed by atoms with Gasteiger partial charge in [-0.2, -0.15) is 8.78 Å². The first-order chi connectivity index (χ1) is 13.8. The Balaban J connectivity index is 0.00000450. The van der Waals surface area contributed by atoms with Crippen LogP contribution >= 0.6 is 24.0 Å². The van der Waals surface area contributed by atoms with E-state index in [0.717, 1.165) is 4.31 Å². The normalized spacial score (nSPS) is 11.9. The molecule has 7 nitrogen and oxygen atoms in total. The highest BCUT2D eigenvalue weighted by Gasteiger charge is 2.20. The Hall–Kier alpha value is -1.99. The number of ether oxygens (including phenoxy) is 1. The zero-order valence-electron chi connectivity index (χ0n) is 16.8. The van der Waals surface area contributed by atoms with Gasteiger partial charge in [-0.15, -0.1) is 24.0 Å². The highest BCUT2D eigenvalue weighted by molar-refractivity contribution is 14.0. The van der Waals surface area contributed by atoms with Gasteiger partial charge in [-0.3, -0.25) is 4.99 Å². The lowest BCUT2D eigenvalue weighted by Crippen LogP contribution is -2.37. The second kappa shape index (κ2) is 12.0. The zero-order chi connectivity index (χ0) is 21.4. The minimum Gasteiger partial charge on any atom is -0.434 e. The summed E-state index contributed by atoms with van der Waals surface area (Å²) in [6.07, 6.45) is 0. The molecule has 30 heavy (non-hydrogen) atoms. The maximum atomic E-state index is 12.5. The van der Waals surface area contributed by atoms with E-state index in [1.807, 2.05) is 0 Å². The topological polar surface area (TPSA) is 83.0 Å². The lowest BCUT2D eigenvalue weighted by molar-refractivity contribution is -0.0504. The molecule has 0 aromatic heterocycles. The third-order valence-electron chi connectivity index (χ3n) is 4.04. The zero-order valence-corrected chi connectivity index (χ0v) is 19.9. The number of nitrogens with one attached hydrogen (secondary N) is 2. The molecule has 0 fully saturated rings. The van der Waals surface area contributed by atoms with Crippen molar-refractivity contribution in [3.05, 3.63) is 59.7 Å². The fourth-order valence-corrected chi connectivity index (χ4v) is 3.65. The van der Waals surface area contributed by atoms with Crippen molar-refractivity contribution in [1.82, 2.24) is 14.9 Å². The van der Waals surface area contributed by atoms with Crippen LogP contribution in [0.4, 0.5) is 8.78 Å². The maximum Gasteiger partial charge on any atom is 0.387 e. The second-order valence-corrected chi connectivity index (χ2v) is 8.28. The lowest BCUT2D eigenvalue weighted by Gasteiger charge is -2.17. The highest BCUT2D eigenvalue weighted by Crippen LogP contribution is 2.20. The molecule has 2 aromatic rings. The van der Waals surface area contributed by atoms with Crippen molar-refractivity contribution in [2.24, 2.45) is 4.99 Å². The van der Waals surface area contributed by atoms with Crippen LogP contribution in [0.1, 0.15) is 11.1 Å². The molecule has 0 bridgehead atoms. The van der Waals surface area contributed by atoms with Crippen molar-refractivity contribution in [1.29, 1.82) is 0 Å². The number of rotatable bonds is 8. The van der Waals surface area contributed by atoms with E-state index in [4.69, 9.17) is 0 Å². The monoisotopic (exact) mass is 554 g/mol. The summed E-state index contributed by atoms with van der Waals surface area (Å²) in [4.78, 5) is 4.28. The van der Waals surface area contributed by atoms with Gasteiger partial charge in [0, 0.05) is 39.8 Å². The number of para-hydroxylation sites is 1. The molecule has 0 spiro atoms. The van der Waals surface area contributed by atoms with E-state index >= 15 is 0 Å². The van der Waals surface area contributed by atoms with E-state index < -0.39 is 16.6 Å². The van der Waals surface area contributed by atoms with Gasteiger partial charge in [0.25, 0.3) is 0 Å². The van der Waals surface area contributed by atoms with E-state index in [0.29, 0.717) is 17.1 Å². The van der Waals surface area contributed by atoms with Gasteiger partial charge in [-0.05, 0) is 17.7 Å². The van der Waals surface area contributed by atoms with E-state index in [1.165, 1.54) is 20.2 Å². The number of sulfonamides is 1. The third-order valence-corrected chi connectivity index (χ3v) is 5.95. The molecule has 0 aliphatic heterocycles. The molecule has 0 saturated heterocycles. The average Bonchev–Trinajstić information content (AvgIpc) is 2.69. The van der Waals surface area contributed by atoms with Gasteiger partial charge in [0.15, 0.2) is 5.96 Å². The highest BCUT2D eigenvalue weighted by atomic mass is 127. The van der Waals surface area contributed by atoms with Gasteiger partial charge in [0.05, 0.1) is 4.90 Å². The van der Waals surface area contributed by atoms with Crippen LogP contribution < -0.4 is 15.4 Å². The smallest absolute Gasteiger partial charge is 0.387 e. The molecule has 2 rings (SSSR count). The van der Waals surface area contributed by atoms with Crippen LogP contribution in [-0.2, 0) is 23.1 Å². The van der Waals surface area contributed by atoms with E-state index in [1.54, 1.807) is 49.5 Å². The number of aliphatic imine (C=N–C) groups is 1. The van der Waals surface area contributed by atoms with E-state index in [9.17, 15) is 17.2 Å². The number of halogens is 3. The lowest BCUT2D eigenvalue weighted by atomic mass is 10.2. The molecule has 2 aromatic carbocycles. The van der Waals surface area contributed by atoms with Crippen LogP contribution in [0.2, 0.25) is 0 Å². The molecular weight excluding hydrogens is 529 g/mol. The Bertz CT molecular complexity index is 956. The van der Waals surface area contributed by atoms with Gasteiger partial charge in [0.1, 0.15) is 5.75 Å². The summed E-state index contributed by atoms with van der Waals surface area (Å²) in [5.74, 6) is 0.460. The molecule has 0 heterocycles. The largest absolute Gasteiger partial charge is 0.434 e. The Labute approximate surface area is 192 Å². The predicted octanol–water partition coefficient (Wildman–Crippen LogP) is 3.02. The molecular formula is C19H25F2IN4O3S. The number of hydrogen-bond donors (Lipinski definition) is 2. The number of nitrogens with zero attached hydrogens (tertiary/aromatic N) is 2. The van der Waals surface area contributed by atoms with Gasteiger partial charge < -0.3 is 15.4 Å². The molecule has 0 atom stereocenters. The van der Waals surface area contributed by atoms with Gasteiger partial charge >= 0.3 is 6.61 Å². The number of alkyl halides is 2. The molecule has 0 amide bonds. The Kier molecular flexibility index (Phi) is 10.4. The first-order valence-corrected chi connectivity index (χ1v) is 10.2. The molecule has 2 N–H and O–H groups in total. The van der Waals surface area contributed by atoms with Crippen molar-refractivity contribution in [2.75, 3.05) is 21.1 Å². The third kappa shape index (κ3) is 7.06. The molecule has 0 radical (unpaired) electrons. The summed E-state index contributed by atoms with van der Waals surface area (Å²) < 4.78 is 55.7. The van der Waals surface area contributed by atoms with Gasteiger partial charge in [0.2, 0.25) is 10.0 Å². The first kappa shape index (κ1) is 26.0. The van der Waals surface area contributed by atoms with Gasteiger partial charge in [-0.25, -0.2) is 12.7 Å². The van der Waals surface area contributed by atoms with Crippen LogP contribution in [0.3, 0.4) is 0 Å². The summed E-state index contributed by atoms with van der Waals surface area (Å²) in [6.45, 7) is -2.51. The summed E-state index contributed by atoms with van der Waals surface area (Å²) in [7, 11) is 0.908. The van der Waals surface area contributed by atoms with Crippen LogP contribution in [0.15, 0.2) is 58.4 Å². The summed E-state index contributed by atoms with van der Waals surface area (Å²) in [5, 5.41) is 6.04. The summed E-state index contributed by atoms with van der Waals surface area (Å²) in [5.41, 5.74) is 1.11. The standard InChI is InChI=1S/C19H24F2N4O3S.HI/c1-22-19(23-12-14-8-4-6-10-16(14)28-18(20)21)24-13-15-9-5-7-11-17(15)29(26,27)25(2)3;/h4-11,18H,12-13H2,1-3H3,(H2,22,23,24);1H. The fourth-order valence-electron chi connectivity index (χ4n) is 2.54. The van der Waals surface area contributed by atoms with E-state index in [-0.39, 0.29) is 47.7 Å². The van der Waals surface area contributed by atoms with E-state index in [2.05, 4.69) is 20.4 Å². The fraction of sp³-hybridized carbons (Fsp3) is 0.316. The Morgan fingerprint density at radius 1 is 1.03 bits per heavy atom. The van der Waals surface area contributed by atoms with Crippen molar-refractivity contribution >= 4 is 40.0 Å². The molecule has 11 heteroatoms. The second-order valence-electron chi connectivity index (χ2n) is 6.16. The number of hydrogen-bond acceptors (Lipinski definition) is 4. The molecule has 166 valence electrons. The maximum absolute atomic E-state index is 12.5. The quantitative estimate of drug-likeness (QED) is 0.298. The molecule has 0 aliphatic rings. The number of guanidine groups is 1. The van der Waals surface area contributed by atoms with Crippen molar-refractivity contribution in [3.8, 4) is 5.75 Å². The number of benzene rings is 2.